The molecule has 4 N–H and O–H groups in total. The summed E-state index contributed by atoms with van der Waals surface area (Å²) in [5.74, 6) is 0.142. The topological polar surface area (TPSA) is 132 Å². The van der Waals surface area contributed by atoms with Gasteiger partial charge in [0, 0.05) is 62.9 Å². The van der Waals surface area contributed by atoms with Crippen molar-refractivity contribution in [2.24, 2.45) is 5.73 Å². The molecule has 0 aromatic carbocycles. The number of pyridine rings is 1. The maximum atomic E-state index is 11.6. The van der Waals surface area contributed by atoms with Crippen molar-refractivity contribution in [1.29, 1.82) is 0 Å². The Labute approximate surface area is 191 Å². The van der Waals surface area contributed by atoms with E-state index in [2.05, 4.69) is 25.4 Å². The fraction of sp³-hybridized carbons (Fsp3) is 0.391. The molecule has 0 bridgehead atoms. The quantitative estimate of drug-likeness (QED) is 0.436. The van der Waals surface area contributed by atoms with E-state index in [1.54, 1.807) is 17.8 Å². The second-order valence-corrected chi connectivity index (χ2v) is 7.68. The summed E-state index contributed by atoms with van der Waals surface area (Å²) in [5, 5.41) is 8.17. The molecule has 2 saturated heterocycles. The molecule has 33 heavy (non-hydrogen) atoms. The van der Waals surface area contributed by atoms with Crippen LogP contribution < -0.4 is 11.1 Å². The minimum absolute atomic E-state index is 0.279. The van der Waals surface area contributed by atoms with E-state index in [1.165, 1.54) is 31.9 Å². The average Bonchev–Trinajstić information content (AvgIpc) is 3.66. The highest BCUT2D eigenvalue weighted by Crippen LogP contribution is 2.29. The van der Waals surface area contributed by atoms with Crippen LogP contribution >= 0.6 is 0 Å². The standard InChI is InChI=1S/C15H13N7O.2C4H8O/c1-17-12-5-11(9-6-19-14-8(9)3-2-4-18-14)21-15-10(13(16)23)7-20-22(12)15;2*1-2-4-5-3-1/h2-7,17H,1H3,(H2,16,23)(H,18,19);2*1-4H2. The molecule has 2 aliphatic heterocycles. The molecule has 0 aliphatic carbocycles. The number of H-pyrrole nitrogens is 1. The largest absolute Gasteiger partial charge is 0.381 e. The fourth-order valence-corrected chi connectivity index (χ4v) is 3.64. The maximum Gasteiger partial charge on any atom is 0.254 e. The van der Waals surface area contributed by atoms with E-state index in [0.29, 0.717) is 17.2 Å². The third kappa shape index (κ3) is 5.29. The third-order valence-electron chi connectivity index (χ3n) is 5.38. The molecule has 0 saturated carbocycles. The van der Waals surface area contributed by atoms with Crippen molar-refractivity contribution in [3.05, 3.63) is 42.4 Å². The molecule has 0 atom stereocenters. The van der Waals surface area contributed by atoms with Gasteiger partial charge in [-0.3, -0.25) is 4.79 Å². The van der Waals surface area contributed by atoms with Crippen LogP contribution in [-0.2, 0) is 9.47 Å². The van der Waals surface area contributed by atoms with Crippen LogP contribution in [0.4, 0.5) is 5.82 Å². The van der Waals surface area contributed by atoms with Gasteiger partial charge in [0.15, 0.2) is 5.65 Å². The number of ether oxygens (including phenoxy) is 2. The number of aromatic amines is 1. The van der Waals surface area contributed by atoms with Gasteiger partial charge in [-0.25, -0.2) is 9.97 Å². The highest BCUT2D eigenvalue weighted by Gasteiger charge is 2.17. The second-order valence-electron chi connectivity index (χ2n) is 7.68. The normalized spacial score (nSPS) is 15.1. The molecule has 2 fully saturated rings. The number of nitrogens with one attached hydrogen (secondary N) is 2. The van der Waals surface area contributed by atoms with Crippen LogP contribution in [0.3, 0.4) is 0 Å². The summed E-state index contributed by atoms with van der Waals surface area (Å²) in [6.45, 7) is 4.00. The van der Waals surface area contributed by atoms with Crippen LogP contribution in [0.1, 0.15) is 36.0 Å². The summed E-state index contributed by atoms with van der Waals surface area (Å²) in [6, 6.07) is 5.69. The van der Waals surface area contributed by atoms with Gasteiger partial charge in [0.2, 0.25) is 0 Å². The summed E-state index contributed by atoms with van der Waals surface area (Å²) in [4.78, 5) is 23.5. The first kappa shape index (κ1) is 22.7. The summed E-state index contributed by atoms with van der Waals surface area (Å²) in [5.41, 5.74) is 8.47. The van der Waals surface area contributed by atoms with E-state index >= 15 is 0 Å². The smallest absolute Gasteiger partial charge is 0.254 e. The molecule has 0 radical (unpaired) electrons. The van der Waals surface area contributed by atoms with Gasteiger partial charge in [-0.05, 0) is 37.8 Å². The van der Waals surface area contributed by atoms with Gasteiger partial charge in [-0.1, -0.05) is 0 Å². The number of anilines is 1. The molecule has 0 unspecified atom stereocenters. The molecule has 0 spiro atoms. The molecule has 10 heteroatoms. The highest BCUT2D eigenvalue weighted by atomic mass is 16.5. The monoisotopic (exact) mass is 451 g/mol. The third-order valence-corrected chi connectivity index (χ3v) is 5.38. The summed E-state index contributed by atoms with van der Waals surface area (Å²) in [7, 11) is 1.78. The number of hydrogen-bond donors (Lipinski definition) is 3. The van der Waals surface area contributed by atoms with Crippen LogP contribution in [0.25, 0.3) is 27.9 Å². The minimum Gasteiger partial charge on any atom is -0.381 e. The van der Waals surface area contributed by atoms with Gasteiger partial charge >= 0.3 is 0 Å². The maximum absolute atomic E-state index is 11.6. The van der Waals surface area contributed by atoms with Gasteiger partial charge in [-0.2, -0.15) is 9.61 Å². The van der Waals surface area contributed by atoms with Gasteiger partial charge < -0.3 is 25.5 Å². The van der Waals surface area contributed by atoms with E-state index in [0.717, 1.165) is 43.0 Å². The van der Waals surface area contributed by atoms with Crippen molar-refractivity contribution in [3.8, 4) is 11.3 Å². The number of nitrogens with zero attached hydrogens (tertiary/aromatic N) is 4. The Balaban J connectivity index is 0.000000213. The first-order valence-electron chi connectivity index (χ1n) is 11.1. The lowest BCUT2D eigenvalue weighted by Crippen LogP contribution is -2.11. The Bertz CT molecular complexity index is 1180. The molecular formula is C23H29N7O3. The SMILES string of the molecule is C1CCOC1.C1CCOC1.CNc1cc(-c2c[nH]c3ncccc23)nc2c(C(N)=O)cnn12. The minimum atomic E-state index is -0.563. The van der Waals surface area contributed by atoms with Crippen molar-refractivity contribution in [2.75, 3.05) is 38.8 Å². The number of carbonyl (C=O) groups excluding carboxylic acids is 1. The van der Waals surface area contributed by atoms with Gasteiger partial charge in [0.1, 0.15) is 17.0 Å². The number of carbonyl (C=O) groups is 1. The molecule has 6 rings (SSSR count). The van der Waals surface area contributed by atoms with Crippen LogP contribution in [-0.4, -0.2) is 63.9 Å². The Morgan fingerprint density at radius 3 is 2.42 bits per heavy atom. The van der Waals surface area contributed by atoms with E-state index in [1.807, 2.05) is 24.4 Å². The first-order chi connectivity index (χ1) is 16.2. The Morgan fingerprint density at radius 1 is 1.15 bits per heavy atom. The number of rotatable bonds is 3. The Hall–Kier alpha value is -3.50. The average molecular weight is 452 g/mol. The second kappa shape index (κ2) is 10.9. The zero-order valence-electron chi connectivity index (χ0n) is 18.7. The predicted octanol–water partition coefficient (Wildman–Crippen LogP) is 3.01. The molecule has 4 aromatic heterocycles. The summed E-state index contributed by atoms with van der Waals surface area (Å²) < 4.78 is 11.4. The Kier molecular flexibility index (Phi) is 7.48. The van der Waals surface area contributed by atoms with E-state index < -0.39 is 5.91 Å². The number of fused-ring (bicyclic) bond motifs is 2. The molecule has 6 heterocycles. The van der Waals surface area contributed by atoms with Crippen LogP contribution in [0.5, 0.6) is 0 Å². The van der Waals surface area contributed by atoms with Crippen molar-refractivity contribution in [3.63, 3.8) is 0 Å². The van der Waals surface area contributed by atoms with Gasteiger partial charge in [0.25, 0.3) is 5.91 Å². The lowest BCUT2D eigenvalue weighted by molar-refractivity contribution is 0.100. The number of nitrogens with two attached hydrogens (primary N) is 1. The molecule has 10 nitrogen and oxygen atoms in total. The zero-order chi connectivity index (χ0) is 23.0. The van der Waals surface area contributed by atoms with Gasteiger partial charge in [-0.15, -0.1) is 0 Å². The number of hydrogen-bond acceptors (Lipinski definition) is 7. The van der Waals surface area contributed by atoms with E-state index in [-0.39, 0.29) is 5.56 Å². The number of amides is 1. The summed E-state index contributed by atoms with van der Waals surface area (Å²) >= 11 is 0. The molecule has 1 amide bonds. The van der Waals surface area contributed by atoms with Gasteiger partial charge in [0.05, 0.1) is 11.9 Å². The van der Waals surface area contributed by atoms with Crippen molar-refractivity contribution in [1.82, 2.24) is 24.6 Å². The summed E-state index contributed by atoms with van der Waals surface area (Å²) in [6.07, 6.45) is 10.1. The fourth-order valence-electron chi connectivity index (χ4n) is 3.64. The first-order valence-corrected chi connectivity index (χ1v) is 11.1. The molecular weight excluding hydrogens is 422 g/mol. The zero-order valence-corrected chi connectivity index (χ0v) is 18.7. The molecule has 2 aliphatic rings. The predicted molar refractivity (Wildman–Crippen MR) is 126 cm³/mol. The lowest BCUT2D eigenvalue weighted by atomic mass is 10.1. The Morgan fingerprint density at radius 2 is 1.85 bits per heavy atom. The van der Waals surface area contributed by atoms with Crippen LogP contribution in [0, 0.1) is 0 Å². The lowest BCUT2D eigenvalue weighted by Gasteiger charge is -2.07. The highest BCUT2D eigenvalue weighted by molar-refractivity contribution is 5.99. The van der Waals surface area contributed by atoms with Crippen LogP contribution in [0.2, 0.25) is 0 Å². The van der Waals surface area contributed by atoms with Crippen LogP contribution in [0.15, 0.2) is 36.8 Å². The van der Waals surface area contributed by atoms with Crippen molar-refractivity contribution < 1.29 is 14.3 Å². The number of primary amides is 1. The number of aromatic nitrogens is 5. The van der Waals surface area contributed by atoms with E-state index in [4.69, 9.17) is 15.2 Å². The molecule has 4 aromatic rings. The van der Waals surface area contributed by atoms with E-state index in [9.17, 15) is 4.79 Å². The van der Waals surface area contributed by atoms with Crippen molar-refractivity contribution >= 4 is 28.4 Å². The molecule has 174 valence electrons. The van der Waals surface area contributed by atoms with Crippen molar-refractivity contribution in [2.45, 2.75) is 25.7 Å².